The third-order valence-electron chi connectivity index (χ3n) is 4.18. The molecular formula is C21H27FN2O4S. The summed E-state index contributed by atoms with van der Waals surface area (Å²) in [6.07, 6.45) is 0.687. The summed E-state index contributed by atoms with van der Waals surface area (Å²) < 4.78 is 44.6. The van der Waals surface area contributed by atoms with Gasteiger partial charge in [-0.2, -0.15) is 0 Å². The van der Waals surface area contributed by atoms with Gasteiger partial charge in [0.05, 0.1) is 11.0 Å². The first-order chi connectivity index (χ1) is 13.7. The highest BCUT2D eigenvalue weighted by atomic mass is 32.2. The van der Waals surface area contributed by atoms with Crippen molar-refractivity contribution < 1.29 is 22.3 Å². The van der Waals surface area contributed by atoms with Gasteiger partial charge in [0.25, 0.3) is 0 Å². The average Bonchev–Trinajstić information content (AvgIpc) is 2.67. The fraction of sp³-hybridized carbons (Fsp3) is 0.381. The van der Waals surface area contributed by atoms with Crippen molar-refractivity contribution in [1.82, 2.24) is 9.62 Å². The van der Waals surface area contributed by atoms with E-state index in [9.17, 15) is 17.6 Å². The predicted molar refractivity (Wildman–Crippen MR) is 110 cm³/mol. The number of carbonyl (C=O) groups is 1. The minimum atomic E-state index is -3.70. The molecule has 2 aromatic carbocycles. The molecule has 2 aromatic rings. The number of sulfonamides is 1. The molecule has 6 nitrogen and oxygen atoms in total. The van der Waals surface area contributed by atoms with E-state index in [-0.39, 0.29) is 29.9 Å². The monoisotopic (exact) mass is 422 g/mol. The number of ether oxygens (including phenoxy) is 1. The molecule has 158 valence electrons. The second-order valence-electron chi connectivity index (χ2n) is 6.97. The Kier molecular flexibility index (Phi) is 8.16. The molecule has 2 rings (SSSR count). The van der Waals surface area contributed by atoms with Crippen molar-refractivity contribution in [2.24, 2.45) is 0 Å². The fourth-order valence-corrected chi connectivity index (χ4v) is 3.83. The zero-order chi connectivity index (χ0) is 21.4. The summed E-state index contributed by atoms with van der Waals surface area (Å²) in [5, 5.41) is 2.82. The molecule has 29 heavy (non-hydrogen) atoms. The number of nitrogens with zero attached hydrogens (tertiary/aromatic N) is 1. The van der Waals surface area contributed by atoms with Crippen LogP contribution < -0.4 is 10.1 Å². The second kappa shape index (κ2) is 10.4. The maximum Gasteiger partial charge on any atom is 0.242 e. The van der Waals surface area contributed by atoms with Crippen molar-refractivity contribution in [3.63, 3.8) is 0 Å². The van der Waals surface area contributed by atoms with Crippen molar-refractivity contribution in [1.29, 1.82) is 0 Å². The van der Waals surface area contributed by atoms with Crippen molar-refractivity contribution in [2.75, 3.05) is 13.6 Å². The topological polar surface area (TPSA) is 75.7 Å². The van der Waals surface area contributed by atoms with Gasteiger partial charge in [0.1, 0.15) is 11.6 Å². The SMILES string of the molecule is CC(C)Oc1ccc(CNC(=O)CCCN(C)S(=O)(=O)c2ccc(F)cc2)cc1. The summed E-state index contributed by atoms with van der Waals surface area (Å²) in [7, 11) is -2.26. The van der Waals surface area contributed by atoms with Gasteiger partial charge in [-0.15, -0.1) is 0 Å². The first-order valence-electron chi connectivity index (χ1n) is 9.42. The van der Waals surface area contributed by atoms with E-state index < -0.39 is 15.8 Å². The molecule has 0 saturated heterocycles. The van der Waals surface area contributed by atoms with E-state index in [0.29, 0.717) is 13.0 Å². The third kappa shape index (κ3) is 7.14. The van der Waals surface area contributed by atoms with E-state index in [2.05, 4.69) is 5.32 Å². The van der Waals surface area contributed by atoms with E-state index >= 15 is 0 Å². The van der Waals surface area contributed by atoms with Crippen molar-refractivity contribution in [3.8, 4) is 5.75 Å². The van der Waals surface area contributed by atoms with Crippen LogP contribution in [0.15, 0.2) is 53.4 Å². The molecule has 0 fully saturated rings. The zero-order valence-corrected chi connectivity index (χ0v) is 17.7. The van der Waals surface area contributed by atoms with E-state index in [1.54, 1.807) is 0 Å². The Morgan fingerprint density at radius 2 is 1.72 bits per heavy atom. The molecule has 0 spiro atoms. The number of nitrogens with one attached hydrogen (secondary N) is 1. The minimum Gasteiger partial charge on any atom is -0.491 e. The lowest BCUT2D eigenvalue weighted by Crippen LogP contribution is -2.29. The van der Waals surface area contributed by atoms with Crippen LogP contribution in [0.1, 0.15) is 32.3 Å². The first-order valence-corrected chi connectivity index (χ1v) is 10.9. The van der Waals surface area contributed by atoms with E-state index in [0.717, 1.165) is 23.4 Å². The highest BCUT2D eigenvalue weighted by Gasteiger charge is 2.20. The van der Waals surface area contributed by atoms with Crippen molar-refractivity contribution >= 4 is 15.9 Å². The number of amides is 1. The van der Waals surface area contributed by atoms with Gasteiger partial charge in [-0.25, -0.2) is 17.1 Å². The zero-order valence-electron chi connectivity index (χ0n) is 16.9. The van der Waals surface area contributed by atoms with Crippen LogP contribution >= 0.6 is 0 Å². The lowest BCUT2D eigenvalue weighted by atomic mass is 10.2. The van der Waals surface area contributed by atoms with Crippen molar-refractivity contribution in [2.45, 2.75) is 44.2 Å². The summed E-state index contributed by atoms with van der Waals surface area (Å²) in [6.45, 7) is 4.49. The molecule has 0 atom stereocenters. The summed E-state index contributed by atoms with van der Waals surface area (Å²) in [5.74, 6) is 0.130. The molecule has 1 N–H and O–H groups in total. The molecule has 0 aliphatic carbocycles. The molecule has 1 amide bonds. The minimum absolute atomic E-state index is 0.0238. The molecule has 0 aliphatic heterocycles. The summed E-state index contributed by atoms with van der Waals surface area (Å²) in [5.41, 5.74) is 0.950. The predicted octanol–water partition coefficient (Wildman–Crippen LogP) is 3.33. The van der Waals surface area contributed by atoms with Gasteiger partial charge < -0.3 is 10.1 Å². The van der Waals surface area contributed by atoms with Crippen LogP contribution in [-0.2, 0) is 21.4 Å². The Balaban J connectivity index is 1.75. The number of benzene rings is 2. The third-order valence-corrected chi connectivity index (χ3v) is 6.05. The lowest BCUT2D eigenvalue weighted by molar-refractivity contribution is -0.121. The highest BCUT2D eigenvalue weighted by Crippen LogP contribution is 2.16. The number of halogens is 1. The van der Waals surface area contributed by atoms with Crippen LogP contribution in [-0.4, -0.2) is 38.3 Å². The Hall–Kier alpha value is -2.45. The standard InChI is InChI=1S/C21H27FN2O4S/c1-16(2)28-19-10-6-17(7-11-19)15-23-21(25)5-4-14-24(3)29(26,27)20-12-8-18(22)9-13-20/h6-13,16H,4-5,14-15H2,1-3H3,(H,23,25). The van der Waals surface area contributed by atoms with E-state index in [4.69, 9.17) is 4.74 Å². The van der Waals surface area contributed by atoms with Gasteiger partial charge >= 0.3 is 0 Å². The molecule has 0 unspecified atom stereocenters. The van der Waals surface area contributed by atoms with Gasteiger partial charge in [-0.05, 0) is 62.2 Å². The Morgan fingerprint density at radius 1 is 1.10 bits per heavy atom. The van der Waals surface area contributed by atoms with Crippen LogP contribution in [0.3, 0.4) is 0 Å². The number of rotatable bonds is 10. The molecule has 0 aliphatic rings. The number of carbonyl (C=O) groups excluding carboxylic acids is 1. The summed E-state index contributed by atoms with van der Waals surface area (Å²) in [4.78, 5) is 12.0. The normalized spacial score (nSPS) is 11.7. The van der Waals surface area contributed by atoms with Crippen LogP contribution in [0.5, 0.6) is 5.75 Å². The van der Waals surface area contributed by atoms with Gasteiger partial charge in [0, 0.05) is 26.6 Å². The molecule has 0 bridgehead atoms. The Labute approximate surface area is 171 Å². The molecule has 0 radical (unpaired) electrons. The Morgan fingerprint density at radius 3 is 2.31 bits per heavy atom. The Bertz CT molecular complexity index is 897. The second-order valence-corrected chi connectivity index (χ2v) is 9.02. The maximum atomic E-state index is 13.0. The lowest BCUT2D eigenvalue weighted by Gasteiger charge is -2.17. The molecule has 0 saturated carbocycles. The molecule has 8 heteroatoms. The largest absolute Gasteiger partial charge is 0.491 e. The van der Waals surface area contributed by atoms with Crippen LogP contribution in [0.25, 0.3) is 0 Å². The summed E-state index contributed by atoms with van der Waals surface area (Å²) >= 11 is 0. The molecule has 0 heterocycles. The van der Waals surface area contributed by atoms with E-state index in [1.807, 2.05) is 38.1 Å². The van der Waals surface area contributed by atoms with Crippen LogP contribution in [0.4, 0.5) is 4.39 Å². The number of hydrogen-bond donors (Lipinski definition) is 1. The fourth-order valence-electron chi connectivity index (χ4n) is 2.62. The maximum absolute atomic E-state index is 13.0. The van der Waals surface area contributed by atoms with Gasteiger partial charge in [-0.1, -0.05) is 12.1 Å². The quantitative estimate of drug-likeness (QED) is 0.637. The molecular weight excluding hydrogens is 395 g/mol. The van der Waals surface area contributed by atoms with E-state index in [1.165, 1.54) is 23.5 Å². The average molecular weight is 423 g/mol. The van der Waals surface area contributed by atoms with Gasteiger partial charge in [-0.3, -0.25) is 4.79 Å². The highest BCUT2D eigenvalue weighted by molar-refractivity contribution is 7.89. The van der Waals surface area contributed by atoms with Gasteiger partial charge in [0.2, 0.25) is 15.9 Å². The molecule has 0 aromatic heterocycles. The van der Waals surface area contributed by atoms with Crippen molar-refractivity contribution in [3.05, 3.63) is 59.9 Å². The smallest absolute Gasteiger partial charge is 0.242 e. The van der Waals surface area contributed by atoms with Crippen LogP contribution in [0.2, 0.25) is 0 Å². The van der Waals surface area contributed by atoms with Gasteiger partial charge in [0.15, 0.2) is 0 Å². The number of hydrogen-bond acceptors (Lipinski definition) is 4. The van der Waals surface area contributed by atoms with Crippen LogP contribution in [0, 0.1) is 5.82 Å². The summed E-state index contributed by atoms with van der Waals surface area (Å²) in [6, 6.07) is 12.2. The first kappa shape index (κ1) is 22.8.